The molecule has 0 bridgehead atoms. The van der Waals surface area contributed by atoms with Crippen molar-refractivity contribution in [3.05, 3.63) is 95.3 Å². The van der Waals surface area contributed by atoms with Crippen LogP contribution in [0, 0.1) is 0 Å². The van der Waals surface area contributed by atoms with E-state index in [1.54, 1.807) is 0 Å². The van der Waals surface area contributed by atoms with E-state index in [0.29, 0.717) is 24.3 Å². The molecule has 0 saturated carbocycles. The van der Waals surface area contributed by atoms with E-state index in [9.17, 15) is 9.59 Å². The Hall–Kier alpha value is -4.40. The highest BCUT2D eigenvalue weighted by molar-refractivity contribution is 6.03. The first-order chi connectivity index (χ1) is 15.0. The van der Waals surface area contributed by atoms with Crippen LogP contribution in [0.5, 0.6) is 0 Å². The van der Waals surface area contributed by atoms with Crippen LogP contribution < -0.4 is 22.3 Å². The molecule has 0 fully saturated rings. The SMILES string of the molecule is NC(=O)N/N=C(\Cc1ccc(C/C(=N\NC(N)=O)c2ccccc2)[nH]1)c1ccccc1. The lowest BCUT2D eigenvalue weighted by Gasteiger charge is -2.07. The van der Waals surface area contributed by atoms with Crippen molar-refractivity contribution in [2.24, 2.45) is 21.7 Å². The molecule has 0 saturated heterocycles. The van der Waals surface area contributed by atoms with Gasteiger partial charge in [-0.05, 0) is 23.3 Å². The van der Waals surface area contributed by atoms with Gasteiger partial charge >= 0.3 is 12.1 Å². The third-order valence-corrected chi connectivity index (χ3v) is 4.34. The Kier molecular flexibility index (Phi) is 7.15. The van der Waals surface area contributed by atoms with E-state index < -0.39 is 12.1 Å². The molecule has 0 atom stereocenters. The summed E-state index contributed by atoms with van der Waals surface area (Å²) in [5.74, 6) is 0. The zero-order valence-electron chi connectivity index (χ0n) is 16.7. The quantitative estimate of drug-likeness (QED) is 0.282. The van der Waals surface area contributed by atoms with Crippen LogP contribution in [-0.4, -0.2) is 28.5 Å². The van der Waals surface area contributed by atoms with Gasteiger partial charge in [0.2, 0.25) is 0 Å². The van der Waals surface area contributed by atoms with Gasteiger partial charge in [-0.1, -0.05) is 60.7 Å². The van der Waals surface area contributed by atoms with Crippen LogP contribution >= 0.6 is 0 Å². The van der Waals surface area contributed by atoms with Crippen molar-refractivity contribution in [3.8, 4) is 0 Å². The second-order valence-corrected chi connectivity index (χ2v) is 6.66. The molecule has 158 valence electrons. The zero-order valence-corrected chi connectivity index (χ0v) is 16.7. The van der Waals surface area contributed by atoms with Gasteiger partial charge in [0.05, 0.1) is 11.4 Å². The third-order valence-electron chi connectivity index (χ3n) is 4.34. The Bertz CT molecular complexity index is 1000. The van der Waals surface area contributed by atoms with E-state index in [1.165, 1.54) is 0 Å². The molecule has 3 rings (SSSR count). The monoisotopic (exact) mass is 417 g/mol. The first-order valence-corrected chi connectivity index (χ1v) is 9.53. The van der Waals surface area contributed by atoms with Crippen LogP contribution in [0.4, 0.5) is 9.59 Å². The topological polar surface area (TPSA) is 151 Å². The fourth-order valence-electron chi connectivity index (χ4n) is 2.98. The number of hydrazone groups is 2. The summed E-state index contributed by atoms with van der Waals surface area (Å²) in [5.41, 5.74) is 19.7. The van der Waals surface area contributed by atoms with Crippen LogP contribution in [0.15, 0.2) is 83.0 Å². The maximum absolute atomic E-state index is 11.1. The van der Waals surface area contributed by atoms with Gasteiger partial charge in [-0.15, -0.1) is 0 Å². The second kappa shape index (κ2) is 10.4. The number of hydrogen-bond acceptors (Lipinski definition) is 4. The van der Waals surface area contributed by atoms with Crippen LogP contribution in [0.3, 0.4) is 0 Å². The highest BCUT2D eigenvalue weighted by atomic mass is 16.2. The van der Waals surface area contributed by atoms with Gasteiger partial charge in [0.15, 0.2) is 0 Å². The number of H-pyrrole nitrogens is 1. The van der Waals surface area contributed by atoms with Gasteiger partial charge in [0.1, 0.15) is 0 Å². The van der Waals surface area contributed by atoms with Crippen molar-refractivity contribution in [3.63, 3.8) is 0 Å². The first kappa shape index (κ1) is 21.3. The zero-order chi connectivity index (χ0) is 22.1. The normalized spacial score (nSPS) is 11.7. The maximum Gasteiger partial charge on any atom is 0.332 e. The Labute approximate surface area is 179 Å². The Morgan fingerprint density at radius 2 is 1.06 bits per heavy atom. The molecule has 1 aromatic heterocycles. The summed E-state index contributed by atoms with van der Waals surface area (Å²) in [6.07, 6.45) is 0.892. The number of rotatable bonds is 8. The molecule has 0 radical (unpaired) electrons. The lowest BCUT2D eigenvalue weighted by molar-refractivity contribution is 0.248. The summed E-state index contributed by atoms with van der Waals surface area (Å²) in [6.45, 7) is 0. The molecule has 0 aliphatic heterocycles. The highest BCUT2D eigenvalue weighted by Crippen LogP contribution is 2.12. The number of urea groups is 2. The van der Waals surface area contributed by atoms with Crippen molar-refractivity contribution in [1.82, 2.24) is 15.8 Å². The molecule has 0 aliphatic carbocycles. The number of nitrogens with one attached hydrogen (secondary N) is 3. The number of aromatic nitrogens is 1. The molecule has 3 aromatic rings. The number of amides is 4. The molecule has 2 aromatic carbocycles. The van der Waals surface area contributed by atoms with Gasteiger partial charge in [-0.2, -0.15) is 10.2 Å². The number of benzene rings is 2. The molecule has 0 spiro atoms. The van der Waals surface area contributed by atoms with E-state index in [0.717, 1.165) is 22.5 Å². The van der Waals surface area contributed by atoms with Crippen LogP contribution in [0.2, 0.25) is 0 Å². The van der Waals surface area contributed by atoms with E-state index >= 15 is 0 Å². The summed E-state index contributed by atoms with van der Waals surface area (Å²) in [4.78, 5) is 25.5. The van der Waals surface area contributed by atoms with Gasteiger partial charge in [0.25, 0.3) is 0 Å². The van der Waals surface area contributed by atoms with Gasteiger partial charge in [-0.3, -0.25) is 0 Å². The predicted molar refractivity (Wildman–Crippen MR) is 120 cm³/mol. The van der Waals surface area contributed by atoms with Crippen LogP contribution in [0.25, 0.3) is 0 Å². The first-order valence-electron chi connectivity index (χ1n) is 9.53. The number of primary amides is 2. The van der Waals surface area contributed by atoms with Gasteiger partial charge in [-0.25, -0.2) is 20.4 Å². The fourth-order valence-corrected chi connectivity index (χ4v) is 2.98. The van der Waals surface area contributed by atoms with Gasteiger partial charge in [0, 0.05) is 24.2 Å². The molecule has 4 amide bonds. The molecular weight excluding hydrogens is 394 g/mol. The van der Waals surface area contributed by atoms with Crippen molar-refractivity contribution >= 4 is 23.5 Å². The summed E-state index contributed by atoms with van der Waals surface area (Å²) in [7, 11) is 0. The number of carbonyl (C=O) groups is 2. The lowest BCUT2D eigenvalue weighted by atomic mass is 10.1. The minimum atomic E-state index is -0.730. The number of carbonyl (C=O) groups excluding carboxylic acids is 2. The van der Waals surface area contributed by atoms with Crippen molar-refractivity contribution in [2.45, 2.75) is 12.8 Å². The number of hydrogen-bond donors (Lipinski definition) is 5. The van der Waals surface area contributed by atoms with Crippen molar-refractivity contribution in [2.75, 3.05) is 0 Å². The number of nitrogens with zero attached hydrogens (tertiary/aromatic N) is 2. The highest BCUT2D eigenvalue weighted by Gasteiger charge is 2.11. The molecule has 0 aliphatic rings. The molecule has 7 N–H and O–H groups in total. The summed E-state index contributed by atoms with van der Waals surface area (Å²) in [5, 5.41) is 8.28. The second-order valence-electron chi connectivity index (χ2n) is 6.66. The summed E-state index contributed by atoms with van der Waals surface area (Å²) in [6, 6.07) is 21.4. The fraction of sp³-hybridized carbons (Fsp3) is 0.0909. The van der Waals surface area contributed by atoms with Crippen LogP contribution in [-0.2, 0) is 12.8 Å². The average molecular weight is 417 g/mol. The minimum Gasteiger partial charge on any atom is -0.362 e. The van der Waals surface area contributed by atoms with Crippen molar-refractivity contribution < 1.29 is 9.59 Å². The smallest absolute Gasteiger partial charge is 0.332 e. The summed E-state index contributed by atoms with van der Waals surface area (Å²) < 4.78 is 0. The molecule has 1 heterocycles. The molecular formula is C22H23N7O2. The van der Waals surface area contributed by atoms with E-state index in [-0.39, 0.29) is 0 Å². The van der Waals surface area contributed by atoms with E-state index in [2.05, 4.69) is 26.0 Å². The van der Waals surface area contributed by atoms with E-state index in [4.69, 9.17) is 11.5 Å². The lowest BCUT2D eigenvalue weighted by Crippen LogP contribution is -2.26. The molecule has 31 heavy (non-hydrogen) atoms. The average Bonchev–Trinajstić information content (AvgIpc) is 3.22. The summed E-state index contributed by atoms with van der Waals surface area (Å²) >= 11 is 0. The molecule has 9 nitrogen and oxygen atoms in total. The molecule has 0 unspecified atom stereocenters. The maximum atomic E-state index is 11.1. The number of aromatic amines is 1. The number of nitrogens with two attached hydrogens (primary N) is 2. The van der Waals surface area contributed by atoms with Crippen molar-refractivity contribution in [1.29, 1.82) is 0 Å². The Balaban J connectivity index is 1.80. The Morgan fingerprint density at radius 3 is 1.42 bits per heavy atom. The minimum absolute atomic E-state index is 0.446. The third kappa shape index (κ3) is 6.57. The van der Waals surface area contributed by atoms with Gasteiger partial charge < -0.3 is 16.5 Å². The van der Waals surface area contributed by atoms with E-state index in [1.807, 2.05) is 72.8 Å². The predicted octanol–water partition coefficient (Wildman–Crippen LogP) is 2.24. The Morgan fingerprint density at radius 1 is 0.677 bits per heavy atom. The van der Waals surface area contributed by atoms with Crippen LogP contribution in [0.1, 0.15) is 22.5 Å². The molecule has 9 heteroatoms. The largest absolute Gasteiger partial charge is 0.362 e. The standard InChI is InChI=1S/C22H23N7O2/c23-21(30)28-26-19(15-7-3-1-4-8-15)13-17-11-12-18(25-17)14-20(27-29-22(24)31)16-9-5-2-6-10-16/h1-12,25H,13-14H2,(H3,23,28,30)(H3,24,29,31)/b26-19+,27-20+.